The fourth-order valence-electron chi connectivity index (χ4n) is 2.37. The van der Waals surface area contributed by atoms with Crippen LogP contribution >= 0.6 is 0 Å². The number of likely N-dealkylation sites (N-methyl/N-ethyl adjacent to an activating group) is 1. The van der Waals surface area contributed by atoms with Gasteiger partial charge in [0.15, 0.2) is 0 Å². The lowest BCUT2D eigenvalue weighted by atomic mass is 9.94. The number of carbonyl (C=O) groups excluding carboxylic acids is 1. The van der Waals surface area contributed by atoms with E-state index in [4.69, 9.17) is 10.5 Å². The summed E-state index contributed by atoms with van der Waals surface area (Å²) < 4.78 is 5.42. The molecule has 5 heteroatoms. The topological polar surface area (TPSA) is 67.6 Å². The second-order valence-electron chi connectivity index (χ2n) is 5.14. The van der Waals surface area contributed by atoms with Gasteiger partial charge in [0.2, 0.25) is 5.91 Å². The highest BCUT2D eigenvalue weighted by Gasteiger charge is 2.29. The number of nitrogens with one attached hydrogen (secondary N) is 1. The molecule has 1 unspecified atom stereocenters. The molecule has 1 atom stereocenters. The third kappa shape index (κ3) is 4.92. The van der Waals surface area contributed by atoms with Gasteiger partial charge in [-0.05, 0) is 39.3 Å². The van der Waals surface area contributed by atoms with Gasteiger partial charge in [-0.1, -0.05) is 6.92 Å². The summed E-state index contributed by atoms with van der Waals surface area (Å²) in [4.78, 5) is 13.9. The average molecular weight is 257 g/mol. The van der Waals surface area contributed by atoms with E-state index in [2.05, 4.69) is 10.2 Å². The SMILES string of the molecule is CCNC(C)(CCCN1CCCOCC1)C(N)=O. The molecule has 0 aromatic heterocycles. The van der Waals surface area contributed by atoms with Gasteiger partial charge in [0.05, 0.1) is 12.1 Å². The maximum Gasteiger partial charge on any atom is 0.237 e. The zero-order chi connectivity index (χ0) is 13.4. The van der Waals surface area contributed by atoms with Crippen LogP contribution in [0.4, 0.5) is 0 Å². The molecule has 0 radical (unpaired) electrons. The Morgan fingerprint density at radius 1 is 1.44 bits per heavy atom. The third-order valence-electron chi connectivity index (χ3n) is 3.58. The predicted octanol–water partition coefficient (Wildman–Crippen LogP) is 0.342. The fourth-order valence-corrected chi connectivity index (χ4v) is 2.37. The summed E-state index contributed by atoms with van der Waals surface area (Å²) in [7, 11) is 0. The van der Waals surface area contributed by atoms with Gasteiger partial charge in [0, 0.05) is 19.7 Å². The highest BCUT2D eigenvalue weighted by Crippen LogP contribution is 2.13. The lowest BCUT2D eigenvalue weighted by Crippen LogP contribution is -2.53. The number of nitrogens with zero attached hydrogens (tertiary/aromatic N) is 1. The van der Waals surface area contributed by atoms with Crippen molar-refractivity contribution >= 4 is 5.91 Å². The molecule has 1 heterocycles. The zero-order valence-corrected chi connectivity index (χ0v) is 11.7. The Balaban J connectivity index is 2.31. The van der Waals surface area contributed by atoms with E-state index in [0.29, 0.717) is 0 Å². The summed E-state index contributed by atoms with van der Waals surface area (Å²) in [6.07, 6.45) is 2.86. The van der Waals surface area contributed by atoms with Gasteiger partial charge in [0.25, 0.3) is 0 Å². The van der Waals surface area contributed by atoms with Crippen LogP contribution in [0, 0.1) is 0 Å². The third-order valence-corrected chi connectivity index (χ3v) is 3.58. The molecular formula is C13H27N3O2. The van der Waals surface area contributed by atoms with E-state index in [1.54, 1.807) is 0 Å². The second kappa shape index (κ2) is 7.71. The number of ether oxygens (including phenoxy) is 1. The maximum atomic E-state index is 11.5. The molecule has 0 aromatic carbocycles. The molecule has 0 saturated carbocycles. The van der Waals surface area contributed by atoms with Gasteiger partial charge in [-0.3, -0.25) is 4.79 Å². The van der Waals surface area contributed by atoms with Crippen LogP contribution in [0.25, 0.3) is 0 Å². The lowest BCUT2D eigenvalue weighted by molar-refractivity contribution is -0.124. The normalized spacial score (nSPS) is 21.2. The Hall–Kier alpha value is -0.650. The average Bonchev–Trinajstić information content (AvgIpc) is 2.58. The van der Waals surface area contributed by atoms with Gasteiger partial charge < -0.3 is 20.7 Å². The van der Waals surface area contributed by atoms with E-state index in [-0.39, 0.29) is 5.91 Å². The van der Waals surface area contributed by atoms with E-state index < -0.39 is 5.54 Å². The van der Waals surface area contributed by atoms with Crippen molar-refractivity contribution < 1.29 is 9.53 Å². The summed E-state index contributed by atoms with van der Waals surface area (Å²) in [5, 5.41) is 3.19. The van der Waals surface area contributed by atoms with E-state index in [0.717, 1.165) is 58.7 Å². The number of hydrogen-bond acceptors (Lipinski definition) is 4. The molecule has 1 fully saturated rings. The molecule has 106 valence electrons. The first-order valence-corrected chi connectivity index (χ1v) is 6.93. The maximum absolute atomic E-state index is 11.5. The number of nitrogens with two attached hydrogens (primary N) is 1. The van der Waals surface area contributed by atoms with Gasteiger partial charge in [-0.15, -0.1) is 0 Å². The number of carbonyl (C=O) groups is 1. The molecule has 1 rings (SSSR count). The first kappa shape index (κ1) is 15.4. The van der Waals surface area contributed by atoms with Crippen molar-refractivity contribution in [2.45, 2.75) is 38.6 Å². The Morgan fingerprint density at radius 3 is 2.89 bits per heavy atom. The standard InChI is InChI=1S/C13H27N3O2/c1-3-15-13(2,12(14)17)6-4-7-16-8-5-10-18-11-9-16/h15H,3-11H2,1-2H3,(H2,14,17). The quantitative estimate of drug-likeness (QED) is 0.690. The number of rotatable bonds is 7. The van der Waals surface area contributed by atoms with Crippen LogP contribution < -0.4 is 11.1 Å². The van der Waals surface area contributed by atoms with Crippen LogP contribution in [0.3, 0.4) is 0 Å². The van der Waals surface area contributed by atoms with Gasteiger partial charge >= 0.3 is 0 Å². The molecule has 1 aliphatic heterocycles. The Kier molecular flexibility index (Phi) is 6.60. The van der Waals surface area contributed by atoms with E-state index in [1.807, 2.05) is 13.8 Å². The number of hydrogen-bond donors (Lipinski definition) is 2. The van der Waals surface area contributed by atoms with Crippen molar-refractivity contribution in [2.24, 2.45) is 5.73 Å². The van der Waals surface area contributed by atoms with Crippen LogP contribution in [0.2, 0.25) is 0 Å². The minimum absolute atomic E-state index is 0.261. The molecule has 0 bridgehead atoms. The van der Waals surface area contributed by atoms with Crippen molar-refractivity contribution in [3.8, 4) is 0 Å². The molecule has 1 amide bonds. The molecule has 3 N–H and O–H groups in total. The van der Waals surface area contributed by atoms with Crippen LogP contribution in [-0.2, 0) is 9.53 Å². The van der Waals surface area contributed by atoms with Crippen molar-refractivity contribution in [3.63, 3.8) is 0 Å². The first-order chi connectivity index (χ1) is 8.58. The second-order valence-corrected chi connectivity index (χ2v) is 5.14. The zero-order valence-electron chi connectivity index (χ0n) is 11.7. The molecule has 0 spiro atoms. The fraction of sp³-hybridized carbons (Fsp3) is 0.923. The number of primary amides is 1. The largest absolute Gasteiger partial charge is 0.380 e. The van der Waals surface area contributed by atoms with Crippen molar-refractivity contribution in [1.82, 2.24) is 10.2 Å². The minimum atomic E-state index is -0.572. The Bertz CT molecular complexity index is 253. The summed E-state index contributed by atoms with van der Waals surface area (Å²) in [6, 6.07) is 0. The first-order valence-electron chi connectivity index (χ1n) is 6.93. The Morgan fingerprint density at radius 2 is 2.22 bits per heavy atom. The summed E-state index contributed by atoms with van der Waals surface area (Å²) >= 11 is 0. The molecule has 0 aliphatic carbocycles. The smallest absolute Gasteiger partial charge is 0.237 e. The lowest BCUT2D eigenvalue weighted by Gasteiger charge is -2.28. The molecule has 18 heavy (non-hydrogen) atoms. The van der Waals surface area contributed by atoms with E-state index in [1.165, 1.54) is 0 Å². The molecule has 5 nitrogen and oxygen atoms in total. The van der Waals surface area contributed by atoms with Gasteiger partial charge in [0.1, 0.15) is 0 Å². The number of amides is 1. The molecular weight excluding hydrogens is 230 g/mol. The summed E-state index contributed by atoms with van der Waals surface area (Å²) in [5.41, 5.74) is 4.89. The monoisotopic (exact) mass is 257 g/mol. The highest BCUT2D eigenvalue weighted by atomic mass is 16.5. The van der Waals surface area contributed by atoms with Gasteiger partial charge in [-0.25, -0.2) is 0 Å². The van der Waals surface area contributed by atoms with Crippen molar-refractivity contribution in [2.75, 3.05) is 39.4 Å². The van der Waals surface area contributed by atoms with Crippen molar-refractivity contribution in [1.29, 1.82) is 0 Å². The predicted molar refractivity (Wildman–Crippen MR) is 72.4 cm³/mol. The van der Waals surface area contributed by atoms with Gasteiger partial charge in [-0.2, -0.15) is 0 Å². The Labute approximate surface area is 110 Å². The van der Waals surface area contributed by atoms with Crippen LogP contribution in [0.5, 0.6) is 0 Å². The molecule has 0 aromatic rings. The van der Waals surface area contributed by atoms with Crippen LogP contribution in [0.1, 0.15) is 33.1 Å². The highest BCUT2D eigenvalue weighted by molar-refractivity contribution is 5.84. The van der Waals surface area contributed by atoms with Crippen molar-refractivity contribution in [3.05, 3.63) is 0 Å². The summed E-state index contributed by atoms with van der Waals surface area (Å²) in [5.74, 6) is -0.261. The molecule has 1 aliphatic rings. The van der Waals surface area contributed by atoms with E-state index in [9.17, 15) is 4.79 Å². The molecule has 1 saturated heterocycles. The van der Waals surface area contributed by atoms with Crippen LogP contribution in [0.15, 0.2) is 0 Å². The van der Waals surface area contributed by atoms with Crippen LogP contribution in [-0.4, -0.2) is 55.7 Å². The summed E-state index contributed by atoms with van der Waals surface area (Å²) in [6.45, 7) is 9.43. The minimum Gasteiger partial charge on any atom is -0.380 e. The van der Waals surface area contributed by atoms with E-state index >= 15 is 0 Å².